The average Bonchev–Trinajstić information content (AvgIpc) is 3.95. The lowest BCUT2D eigenvalue weighted by molar-refractivity contribution is -0.134. The Hall–Kier alpha value is -7.99. The Morgan fingerprint density at radius 3 is 1.33 bits per heavy atom. The van der Waals surface area contributed by atoms with E-state index in [2.05, 4.69) is 143 Å². The second-order valence-corrected chi connectivity index (χ2v) is 21.7. The number of carboxylic acid groups (broad SMARTS) is 1. The summed E-state index contributed by atoms with van der Waals surface area (Å²) in [7, 11) is 0. The fourth-order valence-corrected chi connectivity index (χ4v) is 11.3. The van der Waals surface area contributed by atoms with Crippen LogP contribution in [-0.2, 0) is 24.5 Å². The van der Waals surface area contributed by atoms with Crippen molar-refractivity contribution < 1.29 is 34.3 Å². The molecule has 7 aromatic carbocycles. The molecule has 83 heavy (non-hydrogen) atoms. The molecule has 2 aliphatic heterocycles. The Morgan fingerprint density at radius 1 is 0.458 bits per heavy atom. The Bertz CT molecular complexity index is 3400. The highest BCUT2D eigenvalue weighted by atomic mass is 16.5. The van der Waals surface area contributed by atoms with Gasteiger partial charge in [0.2, 0.25) is 0 Å². The maximum Gasteiger partial charge on any atom is 0.300 e. The first-order valence-electron chi connectivity index (χ1n) is 30.0. The van der Waals surface area contributed by atoms with Crippen molar-refractivity contribution in [3.05, 3.63) is 197 Å². The molecule has 2 saturated heterocycles. The number of phenols is 2. The zero-order chi connectivity index (χ0) is 58.5. The minimum Gasteiger partial charge on any atom is -0.508 e. The second-order valence-electron chi connectivity index (χ2n) is 21.7. The molecule has 0 spiro atoms. The average molecular weight is 1120 g/mol. The Labute approximate surface area is 492 Å². The molecular formula is C72H86N4O7. The number of hydrogen-bond acceptors (Lipinski definition) is 8. The van der Waals surface area contributed by atoms with Gasteiger partial charge in [-0.15, -0.1) is 0 Å². The third kappa shape index (κ3) is 17.3. The zero-order valence-corrected chi connectivity index (χ0v) is 49.8. The number of aryl methyl sites for hydroxylation is 3. The van der Waals surface area contributed by atoms with Crippen LogP contribution in [0.1, 0.15) is 106 Å². The molecule has 2 fully saturated rings. The SMILES string of the molecule is CC.CC(=O)O.Cc1c(-c2ccc(O)cc2)n(Cc2ccc(OCCN3CCCCCC3)cc2)c2ccc(O)cc12.Cc1ccc2c(c1)c(C)c(-c1ccc(OCc3ccccc3)cc1)n2Cc1ccc(OCCN2CCCCCC2)cc1. The van der Waals surface area contributed by atoms with Crippen molar-refractivity contribution in [2.24, 2.45) is 0 Å². The topological polar surface area (TPSA) is 122 Å². The number of fused-ring (bicyclic) bond motifs is 2. The van der Waals surface area contributed by atoms with Crippen LogP contribution in [-0.4, -0.2) is 92.7 Å². The molecule has 0 aliphatic carbocycles. The van der Waals surface area contributed by atoms with Crippen LogP contribution < -0.4 is 14.2 Å². The smallest absolute Gasteiger partial charge is 0.300 e. The number of ether oxygens (including phenoxy) is 3. The van der Waals surface area contributed by atoms with Gasteiger partial charge in [0.05, 0.1) is 11.4 Å². The molecule has 11 nitrogen and oxygen atoms in total. The third-order valence-corrected chi connectivity index (χ3v) is 15.6. The molecule has 9 aromatic rings. The van der Waals surface area contributed by atoms with Gasteiger partial charge < -0.3 is 38.7 Å². The van der Waals surface area contributed by atoms with Gasteiger partial charge in [-0.05, 0) is 215 Å². The monoisotopic (exact) mass is 1120 g/mol. The van der Waals surface area contributed by atoms with Crippen molar-refractivity contribution in [2.75, 3.05) is 52.5 Å². The summed E-state index contributed by atoms with van der Waals surface area (Å²) in [5.74, 6) is 2.41. The Kier molecular flexibility index (Phi) is 22.7. The van der Waals surface area contributed by atoms with Crippen LogP contribution in [0.2, 0.25) is 0 Å². The number of rotatable bonds is 17. The van der Waals surface area contributed by atoms with E-state index in [0.29, 0.717) is 13.2 Å². The number of likely N-dealkylation sites (tertiary alicyclic amines) is 2. The number of hydrogen-bond donors (Lipinski definition) is 3. The highest BCUT2D eigenvalue weighted by Gasteiger charge is 2.19. The van der Waals surface area contributed by atoms with E-state index < -0.39 is 5.97 Å². The van der Waals surface area contributed by atoms with Crippen molar-refractivity contribution >= 4 is 27.8 Å². The van der Waals surface area contributed by atoms with E-state index in [9.17, 15) is 10.2 Å². The fraction of sp³-hybridized carbons (Fsp3) is 0.347. The molecule has 0 radical (unpaired) electrons. The maximum absolute atomic E-state index is 10.1. The molecule has 4 heterocycles. The van der Waals surface area contributed by atoms with E-state index in [1.54, 1.807) is 18.2 Å². The Balaban J connectivity index is 0.000000201. The van der Waals surface area contributed by atoms with Crippen LogP contribution in [0.4, 0.5) is 0 Å². The summed E-state index contributed by atoms with van der Waals surface area (Å²) >= 11 is 0. The highest BCUT2D eigenvalue weighted by molar-refractivity contribution is 5.93. The van der Waals surface area contributed by atoms with Crippen LogP contribution in [0.3, 0.4) is 0 Å². The van der Waals surface area contributed by atoms with Crippen LogP contribution in [0.25, 0.3) is 44.3 Å². The maximum atomic E-state index is 10.1. The molecule has 0 atom stereocenters. The van der Waals surface area contributed by atoms with Gasteiger partial charge in [-0.25, -0.2) is 0 Å². The molecule has 0 bridgehead atoms. The largest absolute Gasteiger partial charge is 0.508 e. The van der Waals surface area contributed by atoms with Gasteiger partial charge in [0.15, 0.2) is 0 Å². The number of nitrogens with zero attached hydrogens (tertiary/aromatic N) is 4. The van der Waals surface area contributed by atoms with Crippen LogP contribution in [0.5, 0.6) is 28.7 Å². The van der Waals surface area contributed by atoms with Gasteiger partial charge in [-0.3, -0.25) is 14.6 Å². The molecule has 11 rings (SSSR count). The molecule has 0 unspecified atom stereocenters. The minimum absolute atomic E-state index is 0.248. The molecule has 0 saturated carbocycles. The number of carboxylic acids is 1. The molecule has 3 N–H and O–H groups in total. The van der Waals surface area contributed by atoms with Crippen LogP contribution in [0.15, 0.2) is 164 Å². The van der Waals surface area contributed by atoms with Crippen molar-refractivity contribution in [3.8, 4) is 51.3 Å². The van der Waals surface area contributed by atoms with E-state index in [1.807, 2.05) is 56.3 Å². The lowest BCUT2D eigenvalue weighted by atomic mass is 10.1. The zero-order valence-electron chi connectivity index (χ0n) is 49.8. The minimum atomic E-state index is -0.833. The van der Waals surface area contributed by atoms with Crippen molar-refractivity contribution in [1.82, 2.24) is 18.9 Å². The molecule has 11 heteroatoms. The number of benzene rings is 7. The van der Waals surface area contributed by atoms with Gasteiger partial charge in [0.25, 0.3) is 5.97 Å². The lowest BCUT2D eigenvalue weighted by Gasteiger charge is -2.19. The predicted molar refractivity (Wildman–Crippen MR) is 340 cm³/mol. The third-order valence-electron chi connectivity index (χ3n) is 15.6. The van der Waals surface area contributed by atoms with Crippen molar-refractivity contribution in [2.45, 2.75) is 113 Å². The van der Waals surface area contributed by atoms with E-state index in [0.717, 1.165) is 84.7 Å². The molecule has 2 aliphatic rings. The van der Waals surface area contributed by atoms with Crippen LogP contribution >= 0.6 is 0 Å². The summed E-state index contributed by atoms with van der Waals surface area (Å²) in [6.07, 6.45) is 10.7. The van der Waals surface area contributed by atoms with Crippen molar-refractivity contribution in [3.63, 3.8) is 0 Å². The molecule has 2 aromatic heterocycles. The van der Waals surface area contributed by atoms with Crippen molar-refractivity contribution in [1.29, 1.82) is 0 Å². The van der Waals surface area contributed by atoms with E-state index >= 15 is 0 Å². The number of aromatic hydroxyl groups is 2. The quantitative estimate of drug-likeness (QED) is 0.0818. The summed E-state index contributed by atoms with van der Waals surface area (Å²) in [5, 5.41) is 29.6. The fourth-order valence-electron chi connectivity index (χ4n) is 11.3. The number of aromatic nitrogens is 2. The summed E-state index contributed by atoms with van der Waals surface area (Å²) in [5.41, 5.74) is 14.2. The summed E-state index contributed by atoms with van der Waals surface area (Å²) in [6.45, 7) is 21.9. The van der Waals surface area contributed by atoms with Gasteiger partial charge >= 0.3 is 0 Å². The van der Waals surface area contributed by atoms with E-state index in [1.165, 1.54) is 128 Å². The summed E-state index contributed by atoms with van der Waals surface area (Å²) in [6, 6.07) is 55.5. The standard InChI is InChI=1S/C38H42N2O2.C30H34N2O3.C2H4O2.C2H6/c1-29-12-21-37-36(26-29)30(2)38(33-15-19-35(20-16-33)42-28-32-10-6-5-7-11-32)40(37)27-31-13-17-34(18-14-31)41-25-24-39-22-8-3-4-9-23-39;1-22-28-20-26(34)12-15-29(28)32(30(22)24-8-10-25(33)11-9-24)21-23-6-13-27(14-7-23)35-19-18-31-16-4-2-3-5-17-31;1-2(3)4;1-2/h5-7,10-21,26H,3-4,8-9,22-25,27-28H2,1-2H3;6-15,20,33-34H,2-5,16-19,21H2,1H3;1H3,(H,3,4);1-2H3. The predicted octanol–water partition coefficient (Wildman–Crippen LogP) is 16.3. The first kappa shape index (κ1) is 61.1. The normalized spacial score (nSPS) is 13.8. The van der Waals surface area contributed by atoms with Crippen LogP contribution in [0, 0.1) is 20.8 Å². The van der Waals surface area contributed by atoms with Gasteiger partial charge in [-0.2, -0.15) is 0 Å². The van der Waals surface area contributed by atoms with Gasteiger partial charge in [0.1, 0.15) is 48.6 Å². The van der Waals surface area contributed by atoms with Gasteiger partial charge in [-0.1, -0.05) is 106 Å². The van der Waals surface area contributed by atoms with Gasteiger partial charge in [0, 0.05) is 54.9 Å². The number of carbonyl (C=O) groups is 1. The van der Waals surface area contributed by atoms with E-state index in [4.69, 9.17) is 24.1 Å². The first-order valence-corrected chi connectivity index (χ1v) is 30.0. The highest BCUT2D eigenvalue weighted by Crippen LogP contribution is 2.38. The summed E-state index contributed by atoms with van der Waals surface area (Å²) < 4.78 is 23.0. The van der Waals surface area contributed by atoms with E-state index in [-0.39, 0.29) is 11.5 Å². The summed E-state index contributed by atoms with van der Waals surface area (Å²) in [4.78, 5) is 14.1. The Morgan fingerprint density at radius 2 is 0.855 bits per heavy atom. The second kappa shape index (κ2) is 30.9. The first-order chi connectivity index (χ1) is 40.4. The number of phenolic OH excluding ortho intramolecular Hbond substituents is 2. The molecule has 0 amide bonds. The number of aliphatic carboxylic acids is 1. The lowest BCUT2D eigenvalue weighted by Crippen LogP contribution is -2.29. The molecule has 436 valence electrons. The molecular weight excluding hydrogens is 1030 g/mol.